The van der Waals surface area contributed by atoms with E-state index in [1.807, 2.05) is 24.4 Å². The van der Waals surface area contributed by atoms with E-state index < -0.39 is 0 Å². The molecule has 3 nitrogen and oxygen atoms in total. The molecular weight excluding hydrogens is 328 g/mol. The monoisotopic (exact) mass is 348 g/mol. The van der Waals surface area contributed by atoms with Gasteiger partial charge < -0.3 is 10.1 Å². The largest absolute Gasteiger partial charge is 0.489 e. The van der Waals surface area contributed by atoms with E-state index in [0.29, 0.717) is 6.61 Å². The first-order valence-electron chi connectivity index (χ1n) is 6.98. The van der Waals surface area contributed by atoms with Crippen LogP contribution in [0.4, 0.5) is 0 Å². The Labute approximate surface area is 134 Å². The van der Waals surface area contributed by atoms with Crippen LogP contribution in [-0.2, 0) is 13.2 Å². The normalized spacial score (nSPS) is 11.4. The number of nitrogens with zero attached hydrogens (tertiary/aromatic N) is 1. The fraction of sp³-hybridized carbons (Fsp3) is 0.353. The number of benzene rings is 1. The maximum absolute atomic E-state index is 5.83. The summed E-state index contributed by atoms with van der Waals surface area (Å²) in [5.74, 6) is 0.878. The van der Waals surface area contributed by atoms with Crippen molar-refractivity contribution in [1.29, 1.82) is 0 Å². The summed E-state index contributed by atoms with van der Waals surface area (Å²) in [5, 5.41) is 3.47. The second-order valence-corrected chi connectivity index (χ2v) is 6.97. The number of nitrogens with one attached hydrogen (secondary N) is 1. The zero-order chi connectivity index (χ0) is 15.3. The molecule has 0 unspecified atom stereocenters. The summed E-state index contributed by atoms with van der Waals surface area (Å²) in [4.78, 5) is 4.13. The van der Waals surface area contributed by atoms with Gasteiger partial charge in [-0.2, -0.15) is 0 Å². The molecule has 1 N–H and O–H groups in total. The van der Waals surface area contributed by atoms with Crippen molar-refractivity contribution in [3.63, 3.8) is 0 Å². The SMILES string of the molecule is CC(C)(C)NCc1cccc(OCc2cncc(Br)c2)c1. The molecule has 0 aliphatic rings. The van der Waals surface area contributed by atoms with Crippen LogP contribution >= 0.6 is 15.9 Å². The molecule has 1 heterocycles. The minimum absolute atomic E-state index is 0.110. The van der Waals surface area contributed by atoms with Gasteiger partial charge in [0.1, 0.15) is 12.4 Å². The summed E-state index contributed by atoms with van der Waals surface area (Å²) < 4.78 is 6.80. The summed E-state index contributed by atoms with van der Waals surface area (Å²) in [6, 6.07) is 10.2. The molecule has 0 fully saturated rings. The summed E-state index contributed by atoms with van der Waals surface area (Å²) in [5.41, 5.74) is 2.37. The van der Waals surface area contributed by atoms with Crippen LogP contribution in [0.2, 0.25) is 0 Å². The smallest absolute Gasteiger partial charge is 0.120 e. The third kappa shape index (κ3) is 5.86. The van der Waals surface area contributed by atoms with Gasteiger partial charge in [0.25, 0.3) is 0 Å². The molecular formula is C17H21BrN2O. The second kappa shape index (κ2) is 7.05. The lowest BCUT2D eigenvalue weighted by Gasteiger charge is -2.20. The van der Waals surface area contributed by atoms with Gasteiger partial charge in [-0.15, -0.1) is 0 Å². The average molecular weight is 349 g/mol. The fourth-order valence-corrected chi connectivity index (χ4v) is 2.23. The van der Waals surface area contributed by atoms with Gasteiger partial charge in [0, 0.05) is 34.5 Å². The van der Waals surface area contributed by atoms with Gasteiger partial charge in [-0.1, -0.05) is 12.1 Å². The van der Waals surface area contributed by atoms with E-state index in [4.69, 9.17) is 4.74 Å². The molecule has 0 amide bonds. The van der Waals surface area contributed by atoms with E-state index in [-0.39, 0.29) is 5.54 Å². The summed E-state index contributed by atoms with van der Waals surface area (Å²) in [6.45, 7) is 7.83. The molecule has 0 saturated carbocycles. The lowest BCUT2D eigenvalue weighted by atomic mass is 10.1. The number of aromatic nitrogens is 1. The van der Waals surface area contributed by atoms with Crippen molar-refractivity contribution < 1.29 is 4.74 Å². The van der Waals surface area contributed by atoms with Crippen LogP contribution < -0.4 is 10.1 Å². The van der Waals surface area contributed by atoms with Crippen molar-refractivity contribution in [1.82, 2.24) is 10.3 Å². The Balaban J connectivity index is 1.95. The Kier molecular flexibility index (Phi) is 5.37. The number of halogens is 1. The molecule has 21 heavy (non-hydrogen) atoms. The third-order valence-electron chi connectivity index (χ3n) is 2.89. The molecule has 0 radical (unpaired) electrons. The Bertz CT molecular complexity index is 593. The summed E-state index contributed by atoms with van der Waals surface area (Å²) >= 11 is 3.41. The molecule has 2 rings (SSSR count). The Morgan fingerprint density at radius 1 is 1.14 bits per heavy atom. The quantitative estimate of drug-likeness (QED) is 0.873. The van der Waals surface area contributed by atoms with Gasteiger partial charge in [0.15, 0.2) is 0 Å². The highest BCUT2D eigenvalue weighted by atomic mass is 79.9. The van der Waals surface area contributed by atoms with Gasteiger partial charge in [-0.3, -0.25) is 4.98 Å². The molecule has 112 valence electrons. The van der Waals surface area contributed by atoms with Crippen LogP contribution in [0.15, 0.2) is 47.2 Å². The number of hydrogen-bond acceptors (Lipinski definition) is 3. The van der Waals surface area contributed by atoms with Crippen molar-refractivity contribution in [2.75, 3.05) is 0 Å². The number of pyridine rings is 1. The summed E-state index contributed by atoms with van der Waals surface area (Å²) in [6.07, 6.45) is 3.58. The van der Waals surface area contributed by atoms with Crippen LogP contribution in [0.3, 0.4) is 0 Å². The van der Waals surface area contributed by atoms with E-state index in [1.165, 1.54) is 5.56 Å². The number of rotatable bonds is 5. The first kappa shape index (κ1) is 16.0. The molecule has 2 aromatic rings. The number of hydrogen-bond donors (Lipinski definition) is 1. The summed E-state index contributed by atoms with van der Waals surface area (Å²) in [7, 11) is 0. The maximum Gasteiger partial charge on any atom is 0.120 e. The molecule has 0 spiro atoms. The maximum atomic E-state index is 5.83. The van der Waals surface area contributed by atoms with Crippen LogP contribution in [0, 0.1) is 0 Å². The van der Waals surface area contributed by atoms with Gasteiger partial charge in [-0.25, -0.2) is 0 Å². The molecule has 1 aromatic carbocycles. The standard InChI is InChI=1S/C17H21BrN2O/c1-17(2,3)20-10-13-5-4-6-16(8-13)21-12-14-7-15(18)11-19-9-14/h4-9,11,20H,10,12H2,1-3H3. The topological polar surface area (TPSA) is 34.1 Å². The Morgan fingerprint density at radius 3 is 2.67 bits per heavy atom. The molecule has 0 atom stereocenters. The zero-order valence-electron chi connectivity index (χ0n) is 12.7. The molecule has 0 bridgehead atoms. The zero-order valence-corrected chi connectivity index (χ0v) is 14.3. The van der Waals surface area contributed by atoms with Crippen LogP contribution in [0.5, 0.6) is 5.75 Å². The van der Waals surface area contributed by atoms with Gasteiger partial charge in [-0.05, 0) is 60.5 Å². The number of ether oxygens (including phenoxy) is 1. The van der Waals surface area contributed by atoms with Crippen LogP contribution in [0.1, 0.15) is 31.9 Å². The van der Waals surface area contributed by atoms with Gasteiger partial charge >= 0.3 is 0 Å². The third-order valence-corrected chi connectivity index (χ3v) is 3.32. The fourth-order valence-electron chi connectivity index (χ4n) is 1.81. The minimum Gasteiger partial charge on any atom is -0.489 e. The van der Waals surface area contributed by atoms with Crippen molar-refractivity contribution in [3.8, 4) is 5.75 Å². The van der Waals surface area contributed by atoms with E-state index in [0.717, 1.165) is 22.3 Å². The van der Waals surface area contributed by atoms with E-state index in [1.54, 1.807) is 6.20 Å². The first-order valence-corrected chi connectivity index (χ1v) is 7.78. The Hall–Kier alpha value is -1.39. The lowest BCUT2D eigenvalue weighted by Crippen LogP contribution is -2.35. The molecule has 4 heteroatoms. The van der Waals surface area contributed by atoms with Crippen molar-refractivity contribution in [2.45, 2.75) is 39.5 Å². The van der Waals surface area contributed by atoms with E-state index in [9.17, 15) is 0 Å². The molecule has 0 aliphatic heterocycles. The highest BCUT2D eigenvalue weighted by Gasteiger charge is 2.08. The van der Waals surface area contributed by atoms with Crippen molar-refractivity contribution in [2.24, 2.45) is 0 Å². The van der Waals surface area contributed by atoms with Crippen LogP contribution in [-0.4, -0.2) is 10.5 Å². The predicted octanol–water partition coefficient (Wildman–Crippen LogP) is 4.31. The van der Waals surface area contributed by atoms with Crippen LogP contribution in [0.25, 0.3) is 0 Å². The Morgan fingerprint density at radius 2 is 1.95 bits per heavy atom. The second-order valence-electron chi connectivity index (χ2n) is 6.05. The highest BCUT2D eigenvalue weighted by Crippen LogP contribution is 2.17. The predicted molar refractivity (Wildman–Crippen MR) is 89.3 cm³/mol. The van der Waals surface area contributed by atoms with Crippen molar-refractivity contribution in [3.05, 3.63) is 58.3 Å². The molecule has 0 aliphatic carbocycles. The van der Waals surface area contributed by atoms with Gasteiger partial charge in [0.2, 0.25) is 0 Å². The first-order chi connectivity index (χ1) is 9.92. The minimum atomic E-state index is 0.110. The van der Waals surface area contributed by atoms with E-state index in [2.05, 4.69) is 59.1 Å². The molecule has 0 saturated heterocycles. The lowest BCUT2D eigenvalue weighted by molar-refractivity contribution is 0.305. The van der Waals surface area contributed by atoms with E-state index >= 15 is 0 Å². The highest BCUT2D eigenvalue weighted by molar-refractivity contribution is 9.10. The van der Waals surface area contributed by atoms with Gasteiger partial charge in [0.05, 0.1) is 0 Å². The van der Waals surface area contributed by atoms with Crippen molar-refractivity contribution >= 4 is 15.9 Å². The average Bonchev–Trinajstić information content (AvgIpc) is 2.43. The molecule has 1 aromatic heterocycles.